The number of rotatable bonds is 29. The Labute approximate surface area is 238 Å². The van der Waals surface area contributed by atoms with Gasteiger partial charge in [-0.2, -0.15) is 0 Å². The molecular weight excluding hydrogens is 498 g/mol. The summed E-state index contributed by atoms with van der Waals surface area (Å²) in [5.41, 5.74) is 0. The Morgan fingerprint density at radius 3 is 1.33 bits per heavy atom. The van der Waals surface area contributed by atoms with Crippen LogP contribution in [0.4, 0.5) is 0 Å². The molecule has 0 radical (unpaired) electrons. The Kier molecular flexibility index (Phi) is 25.9. The molecule has 1 atom stereocenters. The van der Waals surface area contributed by atoms with E-state index in [0.29, 0.717) is 45.3 Å². The lowest BCUT2D eigenvalue weighted by molar-refractivity contribution is -0.141. The molecule has 0 spiro atoms. The van der Waals surface area contributed by atoms with Gasteiger partial charge in [0.25, 0.3) is 0 Å². The number of carbonyl (C=O) groups is 4. The summed E-state index contributed by atoms with van der Waals surface area (Å²) in [5, 5.41) is 26.4. The van der Waals surface area contributed by atoms with Gasteiger partial charge in [-0.05, 0) is 25.7 Å². The van der Waals surface area contributed by atoms with Crippen LogP contribution in [0.2, 0.25) is 0 Å². The van der Waals surface area contributed by atoms with Crippen molar-refractivity contribution in [3.05, 3.63) is 0 Å². The minimum absolute atomic E-state index is 0. The van der Waals surface area contributed by atoms with E-state index in [9.17, 15) is 19.2 Å². The molecule has 0 fully saturated rings. The summed E-state index contributed by atoms with van der Waals surface area (Å²) in [4.78, 5) is 44.9. The fourth-order valence-corrected chi connectivity index (χ4v) is 4.38. The third-order valence-electron chi connectivity index (χ3n) is 7.00. The van der Waals surface area contributed by atoms with Crippen molar-refractivity contribution < 1.29 is 30.8 Å². The molecule has 230 valence electrons. The Bertz CT molecular complexity index is 651. The quantitative estimate of drug-likeness (QED) is 0.0746. The molecule has 0 aliphatic carbocycles. The van der Waals surface area contributed by atoms with Crippen molar-refractivity contribution in [2.75, 3.05) is 26.2 Å². The lowest BCUT2D eigenvalue weighted by Crippen LogP contribution is -2.31. The first-order valence-corrected chi connectivity index (χ1v) is 15.5. The van der Waals surface area contributed by atoms with E-state index >= 15 is 0 Å². The summed E-state index contributed by atoms with van der Waals surface area (Å²) >= 11 is 0. The summed E-state index contributed by atoms with van der Waals surface area (Å²) < 4.78 is 0. The molecule has 0 aromatic heterocycles. The highest BCUT2D eigenvalue weighted by atomic mass is 16.4. The summed E-state index contributed by atoms with van der Waals surface area (Å²) in [6.45, 7) is 4.07. The highest BCUT2D eigenvalue weighted by Crippen LogP contribution is 2.13. The van der Waals surface area contributed by atoms with E-state index < -0.39 is 11.9 Å². The third kappa shape index (κ3) is 28.7. The summed E-state index contributed by atoms with van der Waals surface area (Å²) in [6.07, 6.45) is 19.9. The second-order valence-electron chi connectivity index (χ2n) is 10.8. The number of carbonyl (C=O) groups excluding carboxylic acids is 2. The van der Waals surface area contributed by atoms with Crippen molar-refractivity contribution in [3.8, 4) is 0 Å². The van der Waals surface area contributed by atoms with Gasteiger partial charge in [0, 0.05) is 46.9 Å². The Morgan fingerprint density at radius 2 is 0.923 bits per heavy atom. The average molecular weight is 558 g/mol. The zero-order valence-corrected chi connectivity index (χ0v) is 24.6. The number of unbranched alkanes of at least 4 members (excludes halogenated alkanes) is 14. The van der Waals surface area contributed by atoms with Gasteiger partial charge < -0.3 is 26.2 Å². The molecule has 0 heterocycles. The van der Waals surface area contributed by atoms with Gasteiger partial charge in [0.2, 0.25) is 11.8 Å². The smallest absolute Gasteiger partial charge is 0.306 e. The fourth-order valence-electron chi connectivity index (χ4n) is 4.38. The molecule has 0 aliphatic heterocycles. The molecule has 9 heteroatoms. The fraction of sp³-hybridized carbons (Fsp3) is 0.867. The van der Waals surface area contributed by atoms with Gasteiger partial charge in [-0.25, -0.2) is 0 Å². The summed E-state index contributed by atoms with van der Waals surface area (Å²) in [7, 11) is 0. The lowest BCUT2D eigenvalue weighted by Gasteiger charge is -2.08. The maximum Gasteiger partial charge on any atom is 0.306 e. The third-order valence-corrected chi connectivity index (χ3v) is 7.00. The minimum Gasteiger partial charge on any atom is -0.481 e. The largest absolute Gasteiger partial charge is 0.481 e. The van der Waals surface area contributed by atoms with Crippen LogP contribution in [0.25, 0.3) is 0 Å². The van der Waals surface area contributed by atoms with Crippen LogP contribution in [0.5, 0.6) is 0 Å². The van der Waals surface area contributed by atoms with E-state index in [1.165, 1.54) is 57.8 Å². The number of hydrogen-bond donors (Lipinski definition) is 5. The molecule has 0 aromatic carbocycles. The monoisotopic (exact) mass is 557 g/mol. The van der Waals surface area contributed by atoms with Crippen LogP contribution in [0.1, 0.15) is 137 Å². The molecule has 0 bridgehead atoms. The first-order valence-electron chi connectivity index (χ1n) is 15.5. The maximum atomic E-state index is 11.9. The van der Waals surface area contributed by atoms with Gasteiger partial charge in [-0.1, -0.05) is 90.4 Å². The van der Waals surface area contributed by atoms with Crippen LogP contribution < -0.4 is 16.0 Å². The zero-order valence-electron chi connectivity index (χ0n) is 24.6. The van der Waals surface area contributed by atoms with Crippen LogP contribution in [-0.2, 0) is 19.2 Å². The van der Waals surface area contributed by atoms with Crippen molar-refractivity contribution in [2.45, 2.75) is 135 Å². The van der Waals surface area contributed by atoms with Gasteiger partial charge in [0.15, 0.2) is 0 Å². The first kappa shape index (κ1) is 36.8. The van der Waals surface area contributed by atoms with Crippen molar-refractivity contribution >= 4 is 23.8 Å². The van der Waals surface area contributed by atoms with Crippen LogP contribution in [0, 0.1) is 5.92 Å². The maximum absolute atomic E-state index is 11.9. The second-order valence-corrected chi connectivity index (χ2v) is 10.8. The van der Waals surface area contributed by atoms with E-state index in [0.717, 1.165) is 51.5 Å². The molecule has 9 nitrogen and oxygen atoms in total. The van der Waals surface area contributed by atoms with Crippen molar-refractivity contribution in [2.24, 2.45) is 5.92 Å². The second kappa shape index (κ2) is 27.4. The molecule has 0 unspecified atom stereocenters. The van der Waals surface area contributed by atoms with E-state index in [1.54, 1.807) is 6.92 Å². The Morgan fingerprint density at radius 1 is 0.538 bits per heavy atom. The average Bonchev–Trinajstić information content (AvgIpc) is 2.89. The highest BCUT2D eigenvalue weighted by Gasteiger charge is 2.09. The number of aliphatic carboxylic acids is 2. The number of hydrogen-bond acceptors (Lipinski definition) is 5. The van der Waals surface area contributed by atoms with Crippen molar-refractivity contribution in [1.82, 2.24) is 16.0 Å². The van der Waals surface area contributed by atoms with E-state index in [1.807, 2.05) is 0 Å². The minimum atomic E-state index is -0.778. The molecule has 0 aliphatic rings. The molecule has 0 rings (SSSR count). The molecule has 0 saturated carbocycles. The topological polar surface area (TPSA) is 145 Å². The number of nitrogens with one attached hydrogen (secondary N) is 3. The van der Waals surface area contributed by atoms with Crippen LogP contribution in [-0.4, -0.2) is 60.1 Å². The number of carboxylic acids is 2. The predicted molar refractivity (Wildman–Crippen MR) is 158 cm³/mol. The van der Waals surface area contributed by atoms with Gasteiger partial charge >= 0.3 is 11.9 Å². The lowest BCUT2D eigenvalue weighted by atomic mass is 10.0. The van der Waals surface area contributed by atoms with Crippen LogP contribution in [0.15, 0.2) is 0 Å². The van der Waals surface area contributed by atoms with Crippen LogP contribution in [0.3, 0.4) is 0 Å². The number of amides is 2. The first-order chi connectivity index (χ1) is 18.8. The van der Waals surface area contributed by atoms with Gasteiger partial charge in [0.1, 0.15) is 0 Å². The van der Waals surface area contributed by atoms with Crippen molar-refractivity contribution in [3.63, 3.8) is 0 Å². The van der Waals surface area contributed by atoms with Gasteiger partial charge in [0.05, 0.1) is 5.92 Å². The van der Waals surface area contributed by atoms with Crippen molar-refractivity contribution in [1.29, 1.82) is 0 Å². The normalized spacial score (nSPS) is 11.7. The SMILES string of the molecule is C[C@@H](CCCCNC(=O)CCNCCC(=O)NCCCCCCCCCCCCCCCCC(=O)O)C(=O)O.[HH]. The number of carboxylic acid groups (broad SMARTS) is 2. The van der Waals surface area contributed by atoms with Gasteiger partial charge in [-0.15, -0.1) is 0 Å². The molecule has 39 heavy (non-hydrogen) atoms. The molecule has 5 N–H and O–H groups in total. The Balaban J connectivity index is 0. The molecule has 2 amide bonds. The highest BCUT2D eigenvalue weighted by molar-refractivity contribution is 5.76. The molecule has 0 saturated heterocycles. The Hall–Kier alpha value is -2.16. The summed E-state index contributed by atoms with van der Waals surface area (Å²) in [5.74, 6) is -1.79. The standard InChI is InChI=1S/C30H57N3O6.H2/c1-26(30(38)39)18-15-17-23-33-28(35)21-25-31-24-20-27(34)32-22-16-13-11-9-7-5-3-2-4-6-8-10-12-14-19-29(36)37;/h26,31H,2-25H2,1H3,(H,32,34)(H,33,35)(H,36,37)(H,38,39);1H/t26-;/m0./s1. The molecular formula is C30H59N3O6. The summed E-state index contributed by atoms with van der Waals surface area (Å²) in [6, 6.07) is 0. The van der Waals surface area contributed by atoms with E-state index in [2.05, 4.69) is 16.0 Å². The molecule has 0 aromatic rings. The van der Waals surface area contributed by atoms with E-state index in [-0.39, 0.29) is 19.2 Å². The zero-order chi connectivity index (χ0) is 29.0. The predicted octanol–water partition coefficient (Wildman–Crippen LogP) is 5.66. The van der Waals surface area contributed by atoms with E-state index in [4.69, 9.17) is 10.2 Å². The van der Waals surface area contributed by atoms with Crippen LogP contribution >= 0.6 is 0 Å². The van der Waals surface area contributed by atoms with Gasteiger partial charge in [-0.3, -0.25) is 19.2 Å².